The van der Waals surface area contributed by atoms with Gasteiger partial charge in [0.25, 0.3) is 0 Å². The molecule has 0 saturated carbocycles. The highest BCUT2D eigenvalue weighted by Crippen LogP contribution is 1.99. The molecule has 1 aromatic rings. The van der Waals surface area contributed by atoms with E-state index in [2.05, 4.69) is 24.2 Å². The molecule has 4 heteroatoms. The Kier molecular flexibility index (Phi) is 3.85. The van der Waals surface area contributed by atoms with E-state index in [9.17, 15) is 4.79 Å². The van der Waals surface area contributed by atoms with Crippen LogP contribution in [-0.2, 0) is 4.79 Å². The Morgan fingerprint density at radius 1 is 1.33 bits per heavy atom. The summed E-state index contributed by atoms with van der Waals surface area (Å²) in [6.45, 7) is 2.08. The van der Waals surface area contributed by atoms with Gasteiger partial charge in [-0.3, -0.25) is 4.79 Å². The molecule has 0 aliphatic carbocycles. The van der Waals surface area contributed by atoms with Crippen LogP contribution in [0.2, 0.25) is 0 Å². The second kappa shape index (κ2) is 5.14. The summed E-state index contributed by atoms with van der Waals surface area (Å²) in [7, 11) is 1.59. The van der Waals surface area contributed by atoms with E-state index in [-0.39, 0.29) is 12.3 Å². The molecule has 1 aliphatic heterocycles. The van der Waals surface area contributed by atoms with Gasteiger partial charge in [0.05, 0.1) is 6.42 Å². The SMILES string of the molecule is CN1N=C(N)CC1=O.Cc1ccccc1. The van der Waals surface area contributed by atoms with E-state index in [1.165, 1.54) is 10.6 Å². The summed E-state index contributed by atoms with van der Waals surface area (Å²) in [6, 6.07) is 10.3. The number of hydrazone groups is 1. The minimum Gasteiger partial charge on any atom is -0.385 e. The number of carbonyl (C=O) groups is 1. The van der Waals surface area contributed by atoms with Gasteiger partial charge >= 0.3 is 0 Å². The van der Waals surface area contributed by atoms with Gasteiger partial charge in [-0.15, -0.1) is 0 Å². The molecule has 2 N–H and O–H groups in total. The molecule has 0 aromatic heterocycles. The number of benzene rings is 1. The van der Waals surface area contributed by atoms with Gasteiger partial charge in [-0.25, -0.2) is 5.01 Å². The minimum absolute atomic E-state index is 0.0394. The Hall–Kier alpha value is -1.84. The second-order valence-corrected chi connectivity index (χ2v) is 3.34. The van der Waals surface area contributed by atoms with Crippen LogP contribution in [0.25, 0.3) is 0 Å². The lowest BCUT2D eigenvalue weighted by atomic mass is 10.2. The van der Waals surface area contributed by atoms with Gasteiger partial charge in [-0.1, -0.05) is 35.9 Å². The maximum Gasteiger partial charge on any atom is 0.250 e. The van der Waals surface area contributed by atoms with Crippen molar-refractivity contribution >= 4 is 11.7 Å². The fourth-order valence-corrected chi connectivity index (χ4v) is 1.09. The number of nitrogens with zero attached hydrogens (tertiary/aromatic N) is 2. The van der Waals surface area contributed by atoms with E-state index >= 15 is 0 Å². The van der Waals surface area contributed by atoms with Crippen LogP contribution in [0, 0.1) is 6.92 Å². The third-order valence-corrected chi connectivity index (χ3v) is 1.91. The van der Waals surface area contributed by atoms with Crippen molar-refractivity contribution < 1.29 is 4.79 Å². The fourth-order valence-electron chi connectivity index (χ4n) is 1.09. The zero-order valence-corrected chi connectivity index (χ0v) is 8.97. The summed E-state index contributed by atoms with van der Waals surface area (Å²) in [6.07, 6.45) is 0.274. The molecule has 1 aliphatic rings. The molecular formula is C11H15N3O. The molecule has 0 fully saturated rings. The Balaban J connectivity index is 0.000000151. The summed E-state index contributed by atoms with van der Waals surface area (Å²) in [5.74, 6) is 0.361. The number of hydrogen-bond donors (Lipinski definition) is 1. The number of aryl methyl sites for hydroxylation is 1. The molecular weight excluding hydrogens is 190 g/mol. The monoisotopic (exact) mass is 205 g/mol. The van der Waals surface area contributed by atoms with Gasteiger partial charge in [-0.05, 0) is 6.92 Å². The van der Waals surface area contributed by atoms with Crippen molar-refractivity contribution in [3.8, 4) is 0 Å². The molecule has 0 unspecified atom stereocenters. The Morgan fingerprint density at radius 2 is 1.93 bits per heavy atom. The standard InChI is InChI=1S/C7H8.C4H7N3O/c1-7-5-3-2-4-6-7;1-7-4(8)2-3(5)6-7/h2-6H,1H3;2H2,1H3,(H2,5,6). The van der Waals surface area contributed by atoms with E-state index in [4.69, 9.17) is 5.73 Å². The number of amidine groups is 1. The minimum atomic E-state index is -0.0394. The fraction of sp³-hybridized carbons (Fsp3) is 0.273. The van der Waals surface area contributed by atoms with E-state index < -0.39 is 0 Å². The van der Waals surface area contributed by atoms with Gasteiger partial charge in [0, 0.05) is 7.05 Å². The maximum atomic E-state index is 10.5. The zero-order valence-electron chi connectivity index (χ0n) is 8.97. The first-order valence-electron chi connectivity index (χ1n) is 4.71. The lowest BCUT2D eigenvalue weighted by molar-refractivity contribution is -0.127. The number of rotatable bonds is 0. The number of carbonyl (C=O) groups excluding carboxylic acids is 1. The van der Waals surface area contributed by atoms with E-state index in [0.717, 1.165) is 0 Å². The highest BCUT2D eigenvalue weighted by Gasteiger charge is 2.16. The van der Waals surface area contributed by atoms with Gasteiger partial charge in [0.15, 0.2) is 0 Å². The van der Waals surface area contributed by atoms with Gasteiger partial charge in [0.1, 0.15) is 5.84 Å². The first-order chi connectivity index (χ1) is 7.09. The van der Waals surface area contributed by atoms with Crippen LogP contribution in [0.1, 0.15) is 12.0 Å². The third kappa shape index (κ3) is 3.81. The van der Waals surface area contributed by atoms with Crippen molar-refractivity contribution in [2.45, 2.75) is 13.3 Å². The lowest BCUT2D eigenvalue weighted by Crippen LogP contribution is -2.14. The molecule has 15 heavy (non-hydrogen) atoms. The highest BCUT2D eigenvalue weighted by atomic mass is 16.2. The average Bonchev–Trinajstić information content (AvgIpc) is 2.46. The molecule has 0 atom stereocenters. The zero-order chi connectivity index (χ0) is 11.3. The average molecular weight is 205 g/mol. The number of hydrogen-bond acceptors (Lipinski definition) is 3. The highest BCUT2D eigenvalue weighted by molar-refractivity contribution is 6.02. The Morgan fingerprint density at radius 3 is 2.13 bits per heavy atom. The predicted molar refractivity (Wildman–Crippen MR) is 60.2 cm³/mol. The second-order valence-electron chi connectivity index (χ2n) is 3.34. The van der Waals surface area contributed by atoms with Crippen LogP contribution in [0.5, 0.6) is 0 Å². The van der Waals surface area contributed by atoms with Crippen LogP contribution in [0.15, 0.2) is 35.4 Å². The van der Waals surface area contributed by atoms with E-state index in [0.29, 0.717) is 5.84 Å². The van der Waals surface area contributed by atoms with Crippen LogP contribution >= 0.6 is 0 Å². The van der Waals surface area contributed by atoms with Gasteiger partial charge < -0.3 is 5.73 Å². The van der Waals surface area contributed by atoms with Crippen LogP contribution in [-0.4, -0.2) is 23.8 Å². The lowest BCUT2D eigenvalue weighted by Gasteiger charge is -1.98. The summed E-state index contributed by atoms with van der Waals surface area (Å²) in [5.41, 5.74) is 6.52. The third-order valence-electron chi connectivity index (χ3n) is 1.91. The van der Waals surface area contributed by atoms with E-state index in [1.807, 2.05) is 18.2 Å². The molecule has 1 aromatic carbocycles. The first-order valence-corrected chi connectivity index (χ1v) is 4.71. The molecule has 0 bridgehead atoms. The van der Waals surface area contributed by atoms with Crippen molar-refractivity contribution in [3.05, 3.63) is 35.9 Å². The molecule has 0 spiro atoms. The van der Waals surface area contributed by atoms with Crippen molar-refractivity contribution in [1.29, 1.82) is 0 Å². The van der Waals surface area contributed by atoms with Crippen molar-refractivity contribution in [3.63, 3.8) is 0 Å². The number of nitrogens with two attached hydrogens (primary N) is 1. The Labute approximate surface area is 89.4 Å². The van der Waals surface area contributed by atoms with Crippen LogP contribution < -0.4 is 5.73 Å². The smallest absolute Gasteiger partial charge is 0.250 e. The summed E-state index contributed by atoms with van der Waals surface area (Å²) >= 11 is 0. The molecule has 0 radical (unpaired) electrons. The molecule has 0 saturated heterocycles. The molecule has 1 amide bonds. The molecule has 80 valence electrons. The van der Waals surface area contributed by atoms with Crippen molar-refractivity contribution in [2.75, 3.05) is 7.05 Å². The van der Waals surface area contributed by atoms with Gasteiger partial charge in [0.2, 0.25) is 5.91 Å². The molecule has 1 heterocycles. The quantitative estimate of drug-likeness (QED) is 0.690. The summed E-state index contributed by atoms with van der Waals surface area (Å²) in [4.78, 5) is 10.5. The Bertz CT molecular complexity index is 359. The van der Waals surface area contributed by atoms with Crippen LogP contribution in [0.3, 0.4) is 0 Å². The number of amides is 1. The summed E-state index contributed by atoms with van der Waals surface area (Å²) in [5, 5.41) is 4.89. The van der Waals surface area contributed by atoms with Crippen molar-refractivity contribution in [1.82, 2.24) is 5.01 Å². The predicted octanol–water partition coefficient (Wildman–Crippen LogP) is 1.12. The van der Waals surface area contributed by atoms with Crippen LogP contribution in [0.4, 0.5) is 0 Å². The first kappa shape index (κ1) is 11.2. The maximum absolute atomic E-state index is 10.5. The molecule has 2 rings (SSSR count). The molecule has 4 nitrogen and oxygen atoms in total. The van der Waals surface area contributed by atoms with Gasteiger partial charge in [-0.2, -0.15) is 5.10 Å². The topological polar surface area (TPSA) is 58.7 Å². The summed E-state index contributed by atoms with van der Waals surface area (Å²) < 4.78 is 0. The normalized spacial score (nSPS) is 14.4. The van der Waals surface area contributed by atoms with Crippen molar-refractivity contribution in [2.24, 2.45) is 10.8 Å². The van der Waals surface area contributed by atoms with E-state index in [1.54, 1.807) is 7.05 Å². The largest absolute Gasteiger partial charge is 0.385 e.